The largest absolute Gasteiger partial charge is 0.393 e. The number of rotatable bonds is 2. The number of hydrogen-bond donors (Lipinski definition) is 2. The molecule has 0 fully saturated rings. The molecule has 0 saturated carbocycles. The molecule has 0 spiro atoms. The van der Waals surface area contributed by atoms with E-state index in [0.29, 0.717) is 0 Å². The highest BCUT2D eigenvalue weighted by atomic mass is 16.3. The van der Waals surface area contributed by atoms with Gasteiger partial charge in [-0.05, 0) is 12.5 Å². The quantitative estimate of drug-likeness (QED) is 0.791. The minimum absolute atomic E-state index is 0.219. The van der Waals surface area contributed by atoms with Gasteiger partial charge in [0.25, 0.3) is 0 Å². The molecule has 1 rings (SSSR count). The van der Waals surface area contributed by atoms with Crippen LogP contribution in [0, 0.1) is 6.92 Å². The van der Waals surface area contributed by atoms with Gasteiger partial charge in [-0.2, -0.15) is 0 Å². The SMILES string of the molecule is CC.CC.Cc1ccc(C(O)CO)cc1. The maximum Gasteiger partial charge on any atom is 0.102 e. The summed E-state index contributed by atoms with van der Waals surface area (Å²) in [6.07, 6.45) is -0.740. The smallest absolute Gasteiger partial charge is 0.102 e. The summed E-state index contributed by atoms with van der Waals surface area (Å²) in [4.78, 5) is 0. The Bertz CT molecular complexity index is 216. The van der Waals surface area contributed by atoms with Crippen LogP contribution < -0.4 is 0 Å². The van der Waals surface area contributed by atoms with Crippen molar-refractivity contribution in [3.63, 3.8) is 0 Å². The van der Waals surface area contributed by atoms with Gasteiger partial charge < -0.3 is 10.2 Å². The molecule has 15 heavy (non-hydrogen) atoms. The zero-order valence-corrected chi connectivity index (χ0v) is 10.5. The maximum atomic E-state index is 9.17. The molecule has 1 aromatic rings. The van der Waals surface area contributed by atoms with Crippen molar-refractivity contribution < 1.29 is 10.2 Å². The molecule has 0 radical (unpaired) electrons. The van der Waals surface area contributed by atoms with Crippen LogP contribution in [0.4, 0.5) is 0 Å². The fraction of sp³-hybridized carbons (Fsp3) is 0.538. The lowest BCUT2D eigenvalue weighted by Gasteiger charge is -2.06. The van der Waals surface area contributed by atoms with E-state index in [1.807, 2.05) is 58.9 Å². The summed E-state index contributed by atoms with van der Waals surface area (Å²) in [5.41, 5.74) is 1.91. The third-order valence-electron chi connectivity index (χ3n) is 1.64. The molecule has 1 aromatic carbocycles. The van der Waals surface area contributed by atoms with Crippen LogP contribution in [0.3, 0.4) is 0 Å². The number of hydrogen-bond acceptors (Lipinski definition) is 2. The van der Waals surface area contributed by atoms with Gasteiger partial charge in [-0.3, -0.25) is 0 Å². The first-order valence-corrected chi connectivity index (χ1v) is 5.59. The molecule has 0 saturated heterocycles. The van der Waals surface area contributed by atoms with Crippen LogP contribution in [0.5, 0.6) is 0 Å². The Kier molecular flexibility index (Phi) is 12.4. The average Bonchev–Trinajstić information content (AvgIpc) is 2.34. The van der Waals surface area contributed by atoms with Gasteiger partial charge in [0.1, 0.15) is 6.10 Å². The molecule has 0 heterocycles. The maximum absolute atomic E-state index is 9.17. The Morgan fingerprint density at radius 2 is 1.40 bits per heavy atom. The predicted molar refractivity (Wildman–Crippen MR) is 65.9 cm³/mol. The highest BCUT2D eigenvalue weighted by Crippen LogP contribution is 2.11. The summed E-state index contributed by atoms with van der Waals surface area (Å²) < 4.78 is 0. The molecule has 2 N–H and O–H groups in total. The van der Waals surface area contributed by atoms with Crippen molar-refractivity contribution in [2.45, 2.75) is 40.7 Å². The molecule has 88 valence electrons. The summed E-state index contributed by atoms with van der Waals surface area (Å²) >= 11 is 0. The van der Waals surface area contributed by atoms with Crippen molar-refractivity contribution in [3.8, 4) is 0 Å². The molecule has 0 bridgehead atoms. The normalized spacial score (nSPS) is 10.3. The van der Waals surface area contributed by atoms with Crippen LogP contribution in [0.1, 0.15) is 44.9 Å². The molecule has 0 aliphatic carbocycles. The van der Waals surface area contributed by atoms with Crippen LogP contribution in [-0.4, -0.2) is 16.8 Å². The van der Waals surface area contributed by atoms with E-state index in [2.05, 4.69) is 0 Å². The summed E-state index contributed by atoms with van der Waals surface area (Å²) in [5.74, 6) is 0. The third kappa shape index (κ3) is 7.11. The fourth-order valence-electron chi connectivity index (χ4n) is 0.894. The van der Waals surface area contributed by atoms with Gasteiger partial charge >= 0.3 is 0 Å². The zero-order chi connectivity index (χ0) is 12.3. The van der Waals surface area contributed by atoms with E-state index < -0.39 is 6.10 Å². The van der Waals surface area contributed by atoms with Gasteiger partial charge in [0, 0.05) is 0 Å². The molecule has 0 aliphatic heterocycles. The van der Waals surface area contributed by atoms with Crippen molar-refractivity contribution in [2.24, 2.45) is 0 Å². The lowest BCUT2D eigenvalue weighted by atomic mass is 10.1. The van der Waals surface area contributed by atoms with Crippen molar-refractivity contribution >= 4 is 0 Å². The minimum Gasteiger partial charge on any atom is -0.393 e. The molecule has 0 aromatic heterocycles. The highest BCUT2D eigenvalue weighted by Gasteiger charge is 2.03. The standard InChI is InChI=1S/C9H12O2.2C2H6/c1-7-2-4-8(5-3-7)9(11)6-10;2*1-2/h2-5,9-11H,6H2,1H3;2*1-2H3. The van der Waals surface area contributed by atoms with Gasteiger partial charge in [-0.15, -0.1) is 0 Å². The Balaban J connectivity index is 0. The second-order valence-electron chi connectivity index (χ2n) is 2.61. The molecule has 2 heteroatoms. The topological polar surface area (TPSA) is 40.5 Å². The van der Waals surface area contributed by atoms with Gasteiger partial charge in [0.05, 0.1) is 6.61 Å². The van der Waals surface area contributed by atoms with Gasteiger partial charge in [0.2, 0.25) is 0 Å². The zero-order valence-electron chi connectivity index (χ0n) is 10.5. The first-order chi connectivity index (χ1) is 7.24. The van der Waals surface area contributed by atoms with Crippen molar-refractivity contribution in [1.29, 1.82) is 0 Å². The van der Waals surface area contributed by atoms with Crippen molar-refractivity contribution in [1.82, 2.24) is 0 Å². The van der Waals surface area contributed by atoms with Crippen LogP contribution in [0.25, 0.3) is 0 Å². The summed E-state index contributed by atoms with van der Waals surface area (Å²) in [5, 5.41) is 17.8. The van der Waals surface area contributed by atoms with Crippen LogP contribution >= 0.6 is 0 Å². The average molecular weight is 212 g/mol. The van der Waals surface area contributed by atoms with E-state index in [1.165, 1.54) is 0 Å². The first-order valence-electron chi connectivity index (χ1n) is 5.59. The predicted octanol–water partition coefficient (Wildman–Crippen LogP) is 3.07. The Hall–Kier alpha value is -0.860. The molecule has 0 amide bonds. The highest BCUT2D eigenvalue weighted by molar-refractivity contribution is 5.22. The van der Waals surface area contributed by atoms with E-state index in [-0.39, 0.29) is 6.61 Å². The van der Waals surface area contributed by atoms with Gasteiger partial charge in [0.15, 0.2) is 0 Å². The Labute approximate surface area is 93.6 Å². The number of aliphatic hydroxyl groups is 2. The lowest BCUT2D eigenvalue weighted by Crippen LogP contribution is -2.01. The number of benzene rings is 1. The molecule has 2 nitrogen and oxygen atoms in total. The molecule has 0 aliphatic rings. The third-order valence-corrected chi connectivity index (χ3v) is 1.64. The van der Waals surface area contributed by atoms with Crippen molar-refractivity contribution in [3.05, 3.63) is 35.4 Å². The van der Waals surface area contributed by atoms with E-state index in [1.54, 1.807) is 0 Å². The molecule has 1 unspecified atom stereocenters. The monoisotopic (exact) mass is 212 g/mol. The lowest BCUT2D eigenvalue weighted by molar-refractivity contribution is 0.0956. The Morgan fingerprint density at radius 1 is 1.00 bits per heavy atom. The van der Waals surface area contributed by atoms with E-state index in [4.69, 9.17) is 5.11 Å². The number of aryl methyl sites for hydroxylation is 1. The summed E-state index contributed by atoms with van der Waals surface area (Å²) in [6.45, 7) is 9.76. The van der Waals surface area contributed by atoms with E-state index in [9.17, 15) is 5.11 Å². The second kappa shape index (κ2) is 11.2. The van der Waals surface area contributed by atoms with E-state index >= 15 is 0 Å². The van der Waals surface area contributed by atoms with Crippen LogP contribution in [-0.2, 0) is 0 Å². The number of aliphatic hydroxyl groups excluding tert-OH is 2. The van der Waals surface area contributed by atoms with Crippen molar-refractivity contribution in [2.75, 3.05) is 6.61 Å². The fourth-order valence-corrected chi connectivity index (χ4v) is 0.894. The first kappa shape index (κ1) is 16.6. The van der Waals surface area contributed by atoms with Crippen LogP contribution in [0.15, 0.2) is 24.3 Å². The minimum atomic E-state index is -0.740. The Morgan fingerprint density at radius 3 is 1.73 bits per heavy atom. The molecular weight excluding hydrogens is 188 g/mol. The van der Waals surface area contributed by atoms with Gasteiger partial charge in [-0.1, -0.05) is 57.5 Å². The second-order valence-corrected chi connectivity index (χ2v) is 2.61. The molecular formula is C13H24O2. The summed E-state index contributed by atoms with van der Waals surface area (Å²) in [7, 11) is 0. The van der Waals surface area contributed by atoms with Crippen LogP contribution in [0.2, 0.25) is 0 Å². The molecule has 1 atom stereocenters. The summed E-state index contributed by atoms with van der Waals surface area (Å²) in [6, 6.07) is 7.45. The van der Waals surface area contributed by atoms with E-state index in [0.717, 1.165) is 11.1 Å². The van der Waals surface area contributed by atoms with Gasteiger partial charge in [-0.25, -0.2) is 0 Å².